The molecule has 1 amide bonds. The van der Waals surface area contributed by atoms with Crippen molar-refractivity contribution in [3.63, 3.8) is 0 Å². The lowest BCUT2D eigenvalue weighted by Gasteiger charge is -2.35. The van der Waals surface area contributed by atoms with E-state index >= 15 is 0 Å². The normalized spacial score (nSPS) is 21.0. The van der Waals surface area contributed by atoms with E-state index in [4.69, 9.17) is 20.8 Å². The van der Waals surface area contributed by atoms with Gasteiger partial charge in [0.1, 0.15) is 16.9 Å². The summed E-state index contributed by atoms with van der Waals surface area (Å²) in [7, 11) is 0. The Bertz CT molecular complexity index is 1170. The minimum absolute atomic E-state index is 0.0247. The summed E-state index contributed by atoms with van der Waals surface area (Å²) in [5.41, 5.74) is 1.85. The lowest BCUT2D eigenvalue weighted by Crippen LogP contribution is -2.36. The zero-order valence-corrected chi connectivity index (χ0v) is 17.7. The van der Waals surface area contributed by atoms with Crippen LogP contribution in [0.15, 0.2) is 40.8 Å². The van der Waals surface area contributed by atoms with E-state index in [1.54, 1.807) is 24.3 Å². The van der Waals surface area contributed by atoms with Crippen molar-refractivity contribution in [1.29, 1.82) is 0 Å². The third-order valence-corrected chi connectivity index (χ3v) is 6.46. The molecule has 2 aromatic carbocycles. The van der Waals surface area contributed by atoms with Crippen LogP contribution in [-0.4, -0.2) is 29.7 Å². The summed E-state index contributed by atoms with van der Waals surface area (Å²) in [6.07, 6.45) is 2.22. The number of carbonyl (C=O) groups is 2. The van der Waals surface area contributed by atoms with E-state index < -0.39 is 5.60 Å². The van der Waals surface area contributed by atoms with Crippen LogP contribution in [0.5, 0.6) is 5.75 Å². The number of benzene rings is 2. The maximum Gasteiger partial charge on any atom is 0.289 e. The first-order chi connectivity index (χ1) is 14.4. The van der Waals surface area contributed by atoms with Crippen molar-refractivity contribution in [3.8, 4) is 5.75 Å². The van der Waals surface area contributed by atoms with Crippen LogP contribution in [-0.2, 0) is 5.60 Å². The maximum absolute atomic E-state index is 13.3. The Balaban J connectivity index is 1.59. The minimum Gasteiger partial charge on any atom is -0.482 e. The van der Waals surface area contributed by atoms with Crippen molar-refractivity contribution >= 4 is 34.3 Å². The highest BCUT2D eigenvalue weighted by Crippen LogP contribution is 2.44. The Hall–Kier alpha value is -2.79. The van der Waals surface area contributed by atoms with Gasteiger partial charge in [-0.2, -0.15) is 0 Å². The van der Waals surface area contributed by atoms with E-state index in [1.807, 2.05) is 30.9 Å². The highest BCUT2D eigenvalue weighted by atomic mass is 35.5. The van der Waals surface area contributed by atoms with Gasteiger partial charge in [-0.05, 0) is 56.5 Å². The van der Waals surface area contributed by atoms with Gasteiger partial charge < -0.3 is 14.1 Å². The van der Waals surface area contributed by atoms with E-state index in [-0.39, 0.29) is 18.1 Å². The fourth-order valence-electron chi connectivity index (χ4n) is 4.59. The third kappa shape index (κ3) is 2.91. The molecule has 2 aliphatic heterocycles. The van der Waals surface area contributed by atoms with Crippen LogP contribution in [0.4, 0.5) is 0 Å². The van der Waals surface area contributed by atoms with Crippen LogP contribution >= 0.6 is 11.6 Å². The second kappa shape index (κ2) is 6.88. The van der Waals surface area contributed by atoms with Gasteiger partial charge in [-0.25, -0.2) is 0 Å². The quantitative estimate of drug-likeness (QED) is 0.545. The maximum atomic E-state index is 13.3. The van der Waals surface area contributed by atoms with Gasteiger partial charge >= 0.3 is 0 Å². The number of amides is 1. The Morgan fingerprint density at radius 2 is 1.80 bits per heavy atom. The largest absolute Gasteiger partial charge is 0.482 e. The summed E-state index contributed by atoms with van der Waals surface area (Å²) in [4.78, 5) is 28.0. The number of hydrogen-bond acceptors (Lipinski definition) is 4. The monoisotopic (exact) mass is 423 g/mol. The van der Waals surface area contributed by atoms with Crippen molar-refractivity contribution in [3.05, 3.63) is 63.9 Å². The number of aryl methyl sites for hydroxylation is 1. The smallest absolute Gasteiger partial charge is 0.289 e. The summed E-state index contributed by atoms with van der Waals surface area (Å²) in [5.74, 6) is 0.702. The average molecular weight is 424 g/mol. The topological polar surface area (TPSA) is 59.8 Å². The van der Waals surface area contributed by atoms with E-state index in [2.05, 4.69) is 0 Å². The Kier molecular flexibility index (Phi) is 4.40. The van der Waals surface area contributed by atoms with E-state index in [0.717, 1.165) is 31.5 Å². The molecule has 154 valence electrons. The van der Waals surface area contributed by atoms with Crippen LogP contribution in [0.25, 0.3) is 11.0 Å². The molecular formula is C24H22ClNO4. The molecule has 3 aromatic rings. The molecule has 6 heteroatoms. The van der Waals surface area contributed by atoms with Crippen molar-refractivity contribution in [1.82, 2.24) is 4.90 Å². The van der Waals surface area contributed by atoms with Gasteiger partial charge in [0.05, 0.1) is 12.0 Å². The van der Waals surface area contributed by atoms with Crippen molar-refractivity contribution in [2.75, 3.05) is 13.1 Å². The van der Waals surface area contributed by atoms with E-state index in [9.17, 15) is 9.59 Å². The molecule has 5 nitrogen and oxygen atoms in total. The number of furan rings is 1. The third-order valence-electron chi connectivity index (χ3n) is 6.21. The molecule has 2 aliphatic rings. The fourth-order valence-corrected chi connectivity index (χ4v) is 4.71. The number of Topliss-reactive ketones (excluding diaryl/α,β-unsaturated/α-hetero) is 1. The molecule has 1 aromatic heterocycles. The standard InChI is InChI=1S/C24H22ClNO4/c1-14-20-18(29-22(14)23(28)26-11-3-4-12-26)9-10-19-21(20)17(27)13-24(2,30-19)15-5-7-16(25)8-6-15/h5-10H,3-4,11-13H2,1-2H3/t24-/m0/s1. The molecule has 0 N–H and O–H groups in total. The predicted octanol–water partition coefficient (Wildman–Crippen LogP) is 5.51. The lowest BCUT2D eigenvalue weighted by atomic mass is 9.84. The number of halogens is 1. The van der Waals surface area contributed by atoms with Gasteiger partial charge in [0.25, 0.3) is 5.91 Å². The molecule has 0 unspecified atom stereocenters. The second-order valence-electron chi connectivity index (χ2n) is 8.31. The Labute approximate surface area is 179 Å². The first-order valence-corrected chi connectivity index (χ1v) is 10.6. The molecule has 1 atom stereocenters. The van der Waals surface area contributed by atoms with Crippen LogP contribution in [0.3, 0.4) is 0 Å². The van der Waals surface area contributed by atoms with Crippen LogP contribution in [0, 0.1) is 6.92 Å². The number of hydrogen-bond donors (Lipinski definition) is 0. The molecule has 1 fully saturated rings. The zero-order chi connectivity index (χ0) is 21.0. The molecule has 1 saturated heterocycles. The average Bonchev–Trinajstić information content (AvgIpc) is 3.36. The molecule has 0 saturated carbocycles. The number of likely N-dealkylation sites (tertiary alicyclic amines) is 1. The Morgan fingerprint density at radius 1 is 1.10 bits per heavy atom. The van der Waals surface area contributed by atoms with Gasteiger partial charge in [0.2, 0.25) is 0 Å². The minimum atomic E-state index is -0.784. The molecule has 0 spiro atoms. The van der Waals surface area contributed by atoms with Crippen LogP contribution in [0.2, 0.25) is 5.02 Å². The van der Waals surface area contributed by atoms with Gasteiger partial charge in [-0.1, -0.05) is 23.7 Å². The van der Waals surface area contributed by atoms with E-state index in [1.165, 1.54) is 0 Å². The highest BCUT2D eigenvalue weighted by Gasteiger charge is 2.40. The summed E-state index contributed by atoms with van der Waals surface area (Å²) < 4.78 is 12.3. The summed E-state index contributed by atoms with van der Waals surface area (Å²) in [6.45, 7) is 5.24. The summed E-state index contributed by atoms with van der Waals surface area (Å²) in [6, 6.07) is 10.9. The molecule has 3 heterocycles. The van der Waals surface area contributed by atoms with Crippen molar-refractivity contribution < 1.29 is 18.7 Å². The second-order valence-corrected chi connectivity index (χ2v) is 8.74. The van der Waals surface area contributed by atoms with Gasteiger partial charge in [0.15, 0.2) is 11.5 Å². The molecule has 30 heavy (non-hydrogen) atoms. The predicted molar refractivity (Wildman–Crippen MR) is 114 cm³/mol. The molecule has 5 rings (SSSR count). The molecular weight excluding hydrogens is 402 g/mol. The summed E-state index contributed by atoms with van der Waals surface area (Å²) >= 11 is 6.01. The van der Waals surface area contributed by atoms with Gasteiger partial charge in [-0.15, -0.1) is 0 Å². The first kappa shape index (κ1) is 19.2. The van der Waals surface area contributed by atoms with Crippen LogP contribution < -0.4 is 4.74 Å². The Morgan fingerprint density at radius 3 is 2.50 bits per heavy atom. The molecule has 0 aliphatic carbocycles. The number of ether oxygens (including phenoxy) is 1. The number of carbonyl (C=O) groups excluding carboxylic acids is 2. The first-order valence-electron chi connectivity index (χ1n) is 10.2. The van der Waals surface area contributed by atoms with Crippen molar-refractivity contribution in [2.45, 2.75) is 38.7 Å². The number of nitrogens with zero attached hydrogens (tertiary/aromatic N) is 1. The number of fused-ring (bicyclic) bond motifs is 3. The zero-order valence-electron chi connectivity index (χ0n) is 17.0. The van der Waals surface area contributed by atoms with Gasteiger partial charge in [0, 0.05) is 29.1 Å². The molecule has 0 radical (unpaired) electrons. The highest BCUT2D eigenvalue weighted by molar-refractivity contribution is 6.30. The number of ketones is 1. The van der Waals surface area contributed by atoms with E-state index in [0.29, 0.717) is 38.6 Å². The summed E-state index contributed by atoms with van der Waals surface area (Å²) in [5, 5.41) is 1.31. The van der Waals surface area contributed by atoms with Crippen LogP contribution in [0.1, 0.15) is 58.2 Å². The SMILES string of the molecule is Cc1c(C(=O)N2CCCC2)oc2ccc3c(c12)C(=O)C[C@@](C)(c1ccc(Cl)cc1)O3. The van der Waals surface area contributed by atoms with Gasteiger partial charge in [-0.3, -0.25) is 9.59 Å². The fraction of sp³-hybridized carbons (Fsp3) is 0.333. The lowest BCUT2D eigenvalue weighted by molar-refractivity contribution is 0.0507. The van der Waals surface area contributed by atoms with Crippen molar-refractivity contribution in [2.24, 2.45) is 0 Å². The number of rotatable bonds is 2. The molecule has 0 bridgehead atoms.